The Bertz CT molecular complexity index is 239. The summed E-state index contributed by atoms with van der Waals surface area (Å²) in [5, 5.41) is 4.20. The smallest absolute Gasteiger partial charge is 0.378 e. The zero-order valence-corrected chi connectivity index (χ0v) is 8.93. The van der Waals surface area contributed by atoms with Crippen LogP contribution in [0.3, 0.4) is 0 Å². The fourth-order valence-electron chi connectivity index (χ4n) is 1.47. The summed E-state index contributed by atoms with van der Waals surface area (Å²) in [5.41, 5.74) is 0. The van der Waals surface area contributed by atoms with Crippen LogP contribution in [0, 0.1) is 0 Å². The van der Waals surface area contributed by atoms with E-state index in [-0.39, 0.29) is 12.1 Å². The van der Waals surface area contributed by atoms with Gasteiger partial charge >= 0.3 is 12.2 Å². The van der Waals surface area contributed by atoms with E-state index in [0.717, 1.165) is 0 Å². The van der Waals surface area contributed by atoms with Crippen molar-refractivity contribution in [3.05, 3.63) is 0 Å². The maximum Gasteiger partial charge on any atom is 0.405 e. The first-order valence-electron chi connectivity index (χ1n) is 5.13. The van der Waals surface area contributed by atoms with Crippen molar-refractivity contribution in [1.29, 1.82) is 0 Å². The lowest BCUT2D eigenvalue weighted by Crippen LogP contribution is -2.52. The maximum atomic E-state index is 11.7. The number of amides is 2. The number of carbonyl (C=O) groups excluding carboxylic acids is 1. The van der Waals surface area contributed by atoms with Crippen molar-refractivity contribution in [2.45, 2.75) is 38.1 Å². The fourth-order valence-corrected chi connectivity index (χ4v) is 1.47. The monoisotopic (exact) mass is 240 g/mol. The van der Waals surface area contributed by atoms with Crippen LogP contribution in [0.5, 0.6) is 0 Å². The molecule has 94 valence electrons. The molecule has 16 heavy (non-hydrogen) atoms. The number of hydrogen-bond donors (Lipinski definition) is 2. The third kappa shape index (κ3) is 4.69. The highest BCUT2D eigenvalue weighted by Gasteiger charge is 2.32. The third-order valence-corrected chi connectivity index (χ3v) is 2.28. The minimum Gasteiger partial charge on any atom is -0.378 e. The summed E-state index contributed by atoms with van der Waals surface area (Å²) >= 11 is 0. The van der Waals surface area contributed by atoms with E-state index in [1.54, 1.807) is 5.32 Å². The molecular weight excluding hydrogens is 225 g/mol. The van der Waals surface area contributed by atoms with Crippen molar-refractivity contribution in [3.63, 3.8) is 0 Å². The predicted molar refractivity (Wildman–Crippen MR) is 51.0 cm³/mol. The molecule has 1 saturated carbocycles. The van der Waals surface area contributed by atoms with E-state index in [1.807, 2.05) is 6.92 Å². The lowest BCUT2D eigenvalue weighted by molar-refractivity contribution is -0.122. The number of nitrogens with one attached hydrogen (secondary N) is 2. The van der Waals surface area contributed by atoms with Gasteiger partial charge in [0.15, 0.2) is 0 Å². The van der Waals surface area contributed by atoms with Crippen LogP contribution in [-0.2, 0) is 4.74 Å². The normalized spacial score (nSPS) is 24.8. The minimum atomic E-state index is -4.37. The molecule has 2 amide bonds. The van der Waals surface area contributed by atoms with E-state index < -0.39 is 18.8 Å². The van der Waals surface area contributed by atoms with Gasteiger partial charge in [-0.25, -0.2) is 4.79 Å². The Morgan fingerprint density at radius 2 is 2.06 bits per heavy atom. The predicted octanol–water partition coefficient (Wildman–Crippen LogP) is 1.42. The molecule has 1 aliphatic rings. The van der Waals surface area contributed by atoms with Gasteiger partial charge in [-0.15, -0.1) is 0 Å². The second kappa shape index (κ2) is 5.38. The van der Waals surface area contributed by atoms with Gasteiger partial charge in [0.1, 0.15) is 6.54 Å². The zero-order chi connectivity index (χ0) is 12.2. The molecule has 1 rings (SSSR count). The SMILES string of the molecule is CCOC1CC(NC(=O)NCC(F)(F)F)C1. The summed E-state index contributed by atoms with van der Waals surface area (Å²) in [6.45, 7) is 1.18. The molecule has 0 bridgehead atoms. The van der Waals surface area contributed by atoms with Crippen molar-refractivity contribution >= 4 is 6.03 Å². The van der Waals surface area contributed by atoms with Gasteiger partial charge in [0.2, 0.25) is 0 Å². The van der Waals surface area contributed by atoms with Gasteiger partial charge in [-0.2, -0.15) is 13.2 Å². The number of carbonyl (C=O) groups is 1. The van der Waals surface area contributed by atoms with Crippen LogP contribution < -0.4 is 10.6 Å². The Balaban J connectivity index is 2.08. The van der Waals surface area contributed by atoms with E-state index in [4.69, 9.17) is 4.74 Å². The van der Waals surface area contributed by atoms with E-state index in [2.05, 4.69) is 5.32 Å². The van der Waals surface area contributed by atoms with E-state index in [9.17, 15) is 18.0 Å². The molecule has 0 spiro atoms. The summed E-state index contributed by atoms with van der Waals surface area (Å²) < 4.78 is 40.5. The molecule has 0 radical (unpaired) electrons. The summed E-state index contributed by atoms with van der Waals surface area (Å²) in [6, 6.07) is -0.859. The van der Waals surface area contributed by atoms with Crippen LogP contribution in [-0.4, -0.2) is 37.5 Å². The molecule has 0 heterocycles. The molecule has 0 unspecified atom stereocenters. The first-order chi connectivity index (χ1) is 7.40. The molecule has 4 nitrogen and oxygen atoms in total. The van der Waals surface area contributed by atoms with Gasteiger partial charge in [0, 0.05) is 12.6 Å². The second-order valence-corrected chi connectivity index (χ2v) is 3.69. The fraction of sp³-hybridized carbons (Fsp3) is 0.889. The highest BCUT2D eigenvalue weighted by Crippen LogP contribution is 2.23. The molecule has 0 atom stereocenters. The standard InChI is InChI=1S/C9H15F3N2O2/c1-2-16-7-3-6(4-7)14-8(15)13-5-9(10,11)12/h6-7H,2-5H2,1H3,(H2,13,14,15). The van der Waals surface area contributed by atoms with Crippen LogP contribution in [0.25, 0.3) is 0 Å². The average Bonchev–Trinajstić information content (AvgIpc) is 2.10. The summed E-state index contributed by atoms with van der Waals surface area (Å²) in [7, 11) is 0. The molecule has 0 aromatic heterocycles. The number of rotatable bonds is 4. The van der Waals surface area contributed by atoms with Gasteiger partial charge in [0.05, 0.1) is 6.10 Å². The third-order valence-electron chi connectivity index (χ3n) is 2.28. The first-order valence-corrected chi connectivity index (χ1v) is 5.13. The quantitative estimate of drug-likeness (QED) is 0.780. The summed E-state index contributed by atoms with van der Waals surface area (Å²) in [6.07, 6.45) is -2.93. The largest absolute Gasteiger partial charge is 0.405 e. The summed E-state index contributed by atoms with van der Waals surface area (Å²) in [5.74, 6) is 0. The van der Waals surface area contributed by atoms with Crippen LogP contribution in [0.2, 0.25) is 0 Å². The van der Waals surface area contributed by atoms with Crippen LogP contribution in [0.4, 0.5) is 18.0 Å². The van der Waals surface area contributed by atoms with E-state index in [0.29, 0.717) is 19.4 Å². The minimum absolute atomic E-state index is 0.0789. The molecule has 0 saturated heterocycles. The number of alkyl halides is 3. The maximum absolute atomic E-state index is 11.7. The number of ether oxygens (including phenoxy) is 1. The van der Waals surface area contributed by atoms with Crippen molar-refractivity contribution in [1.82, 2.24) is 10.6 Å². The number of halogens is 3. The molecule has 0 aromatic rings. The molecule has 0 aliphatic heterocycles. The van der Waals surface area contributed by atoms with E-state index >= 15 is 0 Å². The molecule has 1 fully saturated rings. The Morgan fingerprint density at radius 3 is 2.56 bits per heavy atom. The van der Waals surface area contributed by atoms with Crippen LogP contribution in [0.1, 0.15) is 19.8 Å². The Kier molecular flexibility index (Phi) is 4.40. The first kappa shape index (κ1) is 13.1. The van der Waals surface area contributed by atoms with Gasteiger partial charge in [-0.1, -0.05) is 0 Å². The zero-order valence-electron chi connectivity index (χ0n) is 8.93. The Labute approximate surface area is 91.5 Å². The molecule has 1 aliphatic carbocycles. The van der Waals surface area contributed by atoms with Gasteiger partial charge in [0.25, 0.3) is 0 Å². The molecule has 0 aromatic carbocycles. The van der Waals surface area contributed by atoms with Crippen molar-refractivity contribution in [2.75, 3.05) is 13.2 Å². The average molecular weight is 240 g/mol. The molecule has 7 heteroatoms. The Hall–Kier alpha value is -0.980. The van der Waals surface area contributed by atoms with Gasteiger partial charge in [-0.05, 0) is 19.8 Å². The van der Waals surface area contributed by atoms with Gasteiger partial charge < -0.3 is 15.4 Å². The second-order valence-electron chi connectivity index (χ2n) is 3.69. The number of hydrogen-bond acceptors (Lipinski definition) is 2. The summed E-state index contributed by atoms with van der Waals surface area (Å²) in [4.78, 5) is 11.0. The van der Waals surface area contributed by atoms with Crippen molar-refractivity contribution in [3.8, 4) is 0 Å². The Morgan fingerprint density at radius 1 is 1.44 bits per heavy atom. The van der Waals surface area contributed by atoms with Crippen molar-refractivity contribution in [2.24, 2.45) is 0 Å². The van der Waals surface area contributed by atoms with E-state index in [1.165, 1.54) is 0 Å². The highest BCUT2D eigenvalue weighted by molar-refractivity contribution is 5.74. The topological polar surface area (TPSA) is 50.4 Å². The lowest BCUT2D eigenvalue weighted by Gasteiger charge is -2.35. The van der Waals surface area contributed by atoms with Crippen LogP contribution >= 0.6 is 0 Å². The van der Waals surface area contributed by atoms with Crippen LogP contribution in [0.15, 0.2) is 0 Å². The number of urea groups is 1. The highest BCUT2D eigenvalue weighted by atomic mass is 19.4. The molecular formula is C9H15F3N2O2. The van der Waals surface area contributed by atoms with Crippen molar-refractivity contribution < 1.29 is 22.7 Å². The lowest BCUT2D eigenvalue weighted by atomic mass is 9.89. The molecule has 2 N–H and O–H groups in total. The van der Waals surface area contributed by atoms with Gasteiger partial charge in [-0.3, -0.25) is 0 Å².